The summed E-state index contributed by atoms with van der Waals surface area (Å²) in [6, 6.07) is 8.67. The molecule has 1 fully saturated rings. The summed E-state index contributed by atoms with van der Waals surface area (Å²) in [5, 5.41) is 9.19. The lowest BCUT2D eigenvalue weighted by Crippen LogP contribution is -2.49. The molecule has 1 aliphatic rings. The second-order valence-electron chi connectivity index (χ2n) is 7.65. The Bertz CT molecular complexity index is 1160. The number of ether oxygens (including phenoxy) is 3. The minimum absolute atomic E-state index is 0.0687. The van der Waals surface area contributed by atoms with Gasteiger partial charge < -0.3 is 19.3 Å². The van der Waals surface area contributed by atoms with Crippen LogP contribution in [-0.2, 0) is 32.4 Å². The second-order valence-corrected chi connectivity index (χ2v) is 9.87. The van der Waals surface area contributed by atoms with Gasteiger partial charge in [-0.2, -0.15) is 25.9 Å². The molecule has 0 aliphatic carbocycles. The standard InChI is InChI=1S/C21H23ClF3N3O7S/c1-33-7-8-34-16-10-18(35-19-17(22)9-15(11-26-19)21(23,24)25)27(13-16)36(31,32)28(20(29)30)12-14-5-3-2-4-6-14/h2-6,9,11,16,18H,7-8,10,12-13H2,1H3,(H,29,30). The van der Waals surface area contributed by atoms with E-state index in [0.29, 0.717) is 17.8 Å². The van der Waals surface area contributed by atoms with Gasteiger partial charge in [0, 0.05) is 26.3 Å². The van der Waals surface area contributed by atoms with E-state index < -0.39 is 57.8 Å². The largest absolute Gasteiger partial charge is 0.464 e. The molecule has 3 rings (SSSR count). The van der Waals surface area contributed by atoms with Gasteiger partial charge in [-0.3, -0.25) is 0 Å². The molecule has 2 unspecified atom stereocenters. The lowest BCUT2D eigenvalue weighted by Gasteiger charge is -2.29. The predicted molar refractivity (Wildman–Crippen MR) is 121 cm³/mol. The van der Waals surface area contributed by atoms with Gasteiger partial charge in [-0.15, -0.1) is 4.31 Å². The van der Waals surface area contributed by atoms with Crippen LogP contribution in [0.25, 0.3) is 0 Å². The quantitative estimate of drug-likeness (QED) is 0.443. The third-order valence-corrected chi connectivity index (χ3v) is 7.24. The molecule has 36 heavy (non-hydrogen) atoms. The molecule has 0 radical (unpaired) electrons. The van der Waals surface area contributed by atoms with Crippen LogP contribution in [0, 0.1) is 0 Å². The Hall–Kier alpha value is -2.65. The van der Waals surface area contributed by atoms with Crippen LogP contribution in [0.1, 0.15) is 17.5 Å². The number of pyridine rings is 1. The van der Waals surface area contributed by atoms with Crippen molar-refractivity contribution < 1.29 is 45.7 Å². The highest BCUT2D eigenvalue weighted by atomic mass is 35.5. The molecule has 0 bridgehead atoms. The van der Waals surface area contributed by atoms with Crippen molar-refractivity contribution in [3.05, 3.63) is 58.7 Å². The molecular formula is C21H23ClF3N3O7S. The molecule has 1 amide bonds. The summed E-state index contributed by atoms with van der Waals surface area (Å²) >= 11 is 5.93. The van der Waals surface area contributed by atoms with E-state index in [1.54, 1.807) is 30.3 Å². The number of halogens is 4. The number of hydrogen-bond donors (Lipinski definition) is 1. The summed E-state index contributed by atoms with van der Waals surface area (Å²) in [5.41, 5.74) is -0.697. The first-order valence-corrected chi connectivity index (χ1v) is 12.3. The first kappa shape index (κ1) is 27.9. The number of benzene rings is 1. The van der Waals surface area contributed by atoms with E-state index in [2.05, 4.69) is 4.98 Å². The van der Waals surface area contributed by atoms with Crippen molar-refractivity contribution >= 4 is 27.9 Å². The van der Waals surface area contributed by atoms with Gasteiger partial charge in [0.15, 0.2) is 6.23 Å². The Balaban J connectivity index is 1.90. The van der Waals surface area contributed by atoms with Crippen molar-refractivity contribution in [2.75, 3.05) is 26.9 Å². The molecule has 1 saturated heterocycles. The van der Waals surface area contributed by atoms with Gasteiger partial charge in [0.05, 0.1) is 31.4 Å². The normalized spacial score (nSPS) is 18.8. The number of methoxy groups -OCH3 is 1. The number of rotatable bonds is 10. The minimum Gasteiger partial charge on any atom is -0.464 e. The Morgan fingerprint density at radius 2 is 1.97 bits per heavy atom. The lowest BCUT2D eigenvalue weighted by molar-refractivity contribution is -0.137. The van der Waals surface area contributed by atoms with Crippen molar-refractivity contribution in [3.8, 4) is 5.88 Å². The Morgan fingerprint density at radius 1 is 1.28 bits per heavy atom. The van der Waals surface area contributed by atoms with E-state index in [-0.39, 0.29) is 30.5 Å². The van der Waals surface area contributed by atoms with Crippen LogP contribution in [0.15, 0.2) is 42.6 Å². The van der Waals surface area contributed by atoms with Gasteiger partial charge in [0.1, 0.15) is 5.02 Å². The van der Waals surface area contributed by atoms with Gasteiger partial charge in [-0.1, -0.05) is 41.9 Å². The molecule has 2 aromatic rings. The maximum atomic E-state index is 13.4. The van der Waals surface area contributed by atoms with Crippen molar-refractivity contribution in [1.82, 2.24) is 13.6 Å². The minimum atomic E-state index is -4.70. The molecular weight excluding hydrogens is 531 g/mol. The fraction of sp³-hybridized carbons (Fsp3) is 0.429. The van der Waals surface area contributed by atoms with Crippen molar-refractivity contribution in [1.29, 1.82) is 0 Å². The van der Waals surface area contributed by atoms with Crippen LogP contribution in [0.2, 0.25) is 5.02 Å². The molecule has 2 atom stereocenters. The number of carbonyl (C=O) groups is 1. The predicted octanol–water partition coefficient (Wildman–Crippen LogP) is 3.62. The molecule has 198 valence electrons. The summed E-state index contributed by atoms with van der Waals surface area (Å²) in [4.78, 5) is 15.5. The average Bonchev–Trinajstić information content (AvgIpc) is 3.22. The zero-order valence-corrected chi connectivity index (χ0v) is 20.5. The van der Waals surface area contributed by atoms with E-state index in [4.69, 9.17) is 25.8 Å². The molecule has 10 nitrogen and oxygen atoms in total. The van der Waals surface area contributed by atoms with Crippen molar-refractivity contribution in [2.45, 2.75) is 31.5 Å². The summed E-state index contributed by atoms with van der Waals surface area (Å²) in [6.45, 7) is -0.423. The first-order valence-electron chi connectivity index (χ1n) is 10.5. The maximum Gasteiger partial charge on any atom is 0.422 e. The molecule has 0 saturated carbocycles. The summed E-state index contributed by atoms with van der Waals surface area (Å²) in [5.74, 6) is -0.447. The Labute approximate surface area is 210 Å². The third-order valence-electron chi connectivity index (χ3n) is 5.15. The molecule has 15 heteroatoms. The van der Waals surface area contributed by atoms with Gasteiger partial charge in [-0.05, 0) is 11.6 Å². The first-order chi connectivity index (χ1) is 16.9. The summed E-state index contributed by atoms with van der Waals surface area (Å²) in [7, 11) is -3.24. The number of alkyl halides is 3. The Morgan fingerprint density at radius 3 is 2.56 bits per heavy atom. The van der Waals surface area contributed by atoms with Crippen LogP contribution < -0.4 is 4.74 Å². The second kappa shape index (κ2) is 11.6. The number of hydrogen-bond acceptors (Lipinski definition) is 7. The fourth-order valence-corrected chi connectivity index (χ4v) is 5.18. The van der Waals surface area contributed by atoms with Gasteiger partial charge in [0.2, 0.25) is 5.88 Å². The molecule has 1 aromatic heterocycles. The third kappa shape index (κ3) is 6.76. The van der Waals surface area contributed by atoms with Crippen LogP contribution in [-0.4, -0.2) is 72.4 Å². The number of aromatic nitrogens is 1. The SMILES string of the molecule is COCCOC1CC(Oc2ncc(C(F)(F)F)cc2Cl)N(S(=O)(=O)N(Cc2ccccc2)C(=O)O)C1. The number of nitrogens with zero attached hydrogens (tertiary/aromatic N) is 3. The van der Waals surface area contributed by atoms with E-state index in [9.17, 15) is 31.5 Å². The molecule has 0 spiro atoms. The van der Waals surface area contributed by atoms with Crippen molar-refractivity contribution in [2.24, 2.45) is 0 Å². The van der Waals surface area contributed by atoms with E-state index in [0.717, 1.165) is 4.31 Å². The van der Waals surface area contributed by atoms with E-state index >= 15 is 0 Å². The van der Waals surface area contributed by atoms with Crippen LogP contribution in [0.5, 0.6) is 5.88 Å². The van der Waals surface area contributed by atoms with Crippen LogP contribution in [0.3, 0.4) is 0 Å². The van der Waals surface area contributed by atoms with Gasteiger partial charge in [-0.25, -0.2) is 9.78 Å². The molecule has 2 heterocycles. The number of carboxylic acid groups (broad SMARTS) is 1. The van der Waals surface area contributed by atoms with Crippen molar-refractivity contribution in [3.63, 3.8) is 0 Å². The highest BCUT2D eigenvalue weighted by Crippen LogP contribution is 2.35. The zero-order valence-electron chi connectivity index (χ0n) is 18.9. The molecule has 1 aliphatic heterocycles. The van der Waals surface area contributed by atoms with Crippen LogP contribution in [0.4, 0.5) is 18.0 Å². The highest BCUT2D eigenvalue weighted by molar-refractivity contribution is 7.87. The monoisotopic (exact) mass is 553 g/mol. The summed E-state index contributed by atoms with van der Waals surface area (Å²) < 4.78 is 82.8. The zero-order chi connectivity index (χ0) is 26.5. The number of amides is 1. The molecule has 1 N–H and O–H groups in total. The highest BCUT2D eigenvalue weighted by Gasteiger charge is 2.46. The maximum absolute atomic E-state index is 13.4. The average molecular weight is 554 g/mol. The van der Waals surface area contributed by atoms with E-state index in [1.807, 2.05) is 0 Å². The smallest absolute Gasteiger partial charge is 0.422 e. The van der Waals surface area contributed by atoms with Gasteiger partial charge in [0.25, 0.3) is 0 Å². The fourth-order valence-electron chi connectivity index (χ4n) is 3.42. The van der Waals surface area contributed by atoms with Crippen LogP contribution >= 0.6 is 11.6 Å². The topological polar surface area (TPSA) is 119 Å². The summed E-state index contributed by atoms with van der Waals surface area (Å²) in [6.07, 6.45) is -8.08. The lowest BCUT2D eigenvalue weighted by atomic mass is 10.2. The Kier molecular flexibility index (Phi) is 9.00. The van der Waals surface area contributed by atoms with Gasteiger partial charge >= 0.3 is 22.5 Å². The van der Waals surface area contributed by atoms with E-state index in [1.165, 1.54) is 7.11 Å². The molecule has 1 aromatic carbocycles.